The number of aromatic amines is 1. The lowest BCUT2D eigenvalue weighted by molar-refractivity contribution is -0.134. The molecule has 3 aliphatic rings. The average Bonchev–Trinajstić information content (AvgIpc) is 3.72. The third-order valence-corrected chi connectivity index (χ3v) is 11.1. The number of ether oxygens (including phenoxy) is 1. The molecule has 3 saturated heterocycles. The Balaban J connectivity index is 0.851. The number of piperazine rings is 1. The average molecular weight is 740 g/mol. The maximum atomic E-state index is 16.2. The minimum absolute atomic E-state index is 0.204. The number of fused-ring (bicyclic) bond motifs is 1. The third-order valence-electron chi connectivity index (χ3n) is 10.9. The number of pyridine rings is 1. The Morgan fingerprint density at radius 1 is 1.02 bits per heavy atom. The van der Waals surface area contributed by atoms with Crippen LogP contribution in [-0.4, -0.2) is 92.4 Å². The van der Waals surface area contributed by atoms with Crippen molar-refractivity contribution in [2.45, 2.75) is 57.2 Å². The molecule has 0 unspecified atom stereocenters. The number of nitrogens with one attached hydrogen (secondary N) is 2. The highest BCUT2D eigenvalue weighted by Crippen LogP contribution is 2.38. The second-order valence-corrected chi connectivity index (χ2v) is 15.0. The van der Waals surface area contributed by atoms with Crippen LogP contribution >= 0.6 is 11.6 Å². The molecule has 276 valence electrons. The van der Waals surface area contributed by atoms with Gasteiger partial charge in [0.15, 0.2) is 11.4 Å². The van der Waals surface area contributed by atoms with Crippen LogP contribution in [0.4, 0.5) is 15.8 Å². The van der Waals surface area contributed by atoms with E-state index in [0.29, 0.717) is 78.8 Å². The van der Waals surface area contributed by atoms with Crippen molar-refractivity contribution in [3.8, 4) is 22.9 Å². The highest BCUT2D eigenvalue weighted by molar-refractivity contribution is 6.32. The van der Waals surface area contributed by atoms with E-state index < -0.39 is 5.67 Å². The number of aromatic nitrogens is 5. The van der Waals surface area contributed by atoms with Crippen LogP contribution in [0.15, 0.2) is 60.9 Å². The predicted molar refractivity (Wildman–Crippen MR) is 202 cm³/mol. The van der Waals surface area contributed by atoms with Gasteiger partial charge in [0.25, 0.3) is 0 Å². The molecule has 3 aromatic heterocycles. The van der Waals surface area contributed by atoms with Crippen molar-refractivity contribution in [3.63, 3.8) is 0 Å². The molecule has 14 heteroatoms. The van der Waals surface area contributed by atoms with Gasteiger partial charge in [-0.2, -0.15) is 5.10 Å². The number of nitrogens with zero attached hydrogens (tertiary/aromatic N) is 7. The highest BCUT2D eigenvalue weighted by Gasteiger charge is 2.38. The summed E-state index contributed by atoms with van der Waals surface area (Å²) in [6, 6.07) is 16.1. The SMILES string of the molecule is Cc1nn(C)cc1-c1nc2ncc(Cl)c(Oc3ccc(N4CCN(CC5(F)CCN(c6ccc([C@@H]7CCC(=O)NC7=O)cc6)CC5)C[C@@H]4C)cc3)c2[nH]1. The van der Waals surface area contributed by atoms with Crippen molar-refractivity contribution < 1.29 is 18.7 Å². The number of hydrogen-bond acceptors (Lipinski definition) is 9. The van der Waals surface area contributed by atoms with Crippen molar-refractivity contribution in [1.29, 1.82) is 0 Å². The first kappa shape index (κ1) is 35.0. The number of piperidine rings is 2. The number of amides is 2. The van der Waals surface area contributed by atoms with Gasteiger partial charge in [0.1, 0.15) is 27.8 Å². The number of carbonyl (C=O) groups excluding carboxylic acids is 2. The van der Waals surface area contributed by atoms with Crippen LogP contribution in [0, 0.1) is 6.92 Å². The van der Waals surface area contributed by atoms with Crippen LogP contribution in [0.3, 0.4) is 0 Å². The third kappa shape index (κ3) is 7.19. The number of carbonyl (C=O) groups is 2. The Kier molecular flexibility index (Phi) is 9.32. The van der Waals surface area contributed by atoms with Crippen LogP contribution in [0.1, 0.15) is 49.8 Å². The molecular weight excluding hydrogens is 697 g/mol. The second-order valence-electron chi connectivity index (χ2n) is 14.6. The molecular formula is C39H43ClFN9O3. The summed E-state index contributed by atoms with van der Waals surface area (Å²) >= 11 is 6.57. The van der Waals surface area contributed by atoms with Crippen molar-refractivity contribution in [3.05, 3.63) is 77.2 Å². The molecule has 2 aromatic carbocycles. The maximum Gasteiger partial charge on any atom is 0.234 e. The summed E-state index contributed by atoms with van der Waals surface area (Å²) in [7, 11) is 1.87. The van der Waals surface area contributed by atoms with E-state index in [0.717, 1.165) is 47.8 Å². The number of hydrogen-bond donors (Lipinski definition) is 2. The van der Waals surface area contributed by atoms with E-state index in [9.17, 15) is 9.59 Å². The molecule has 6 heterocycles. The van der Waals surface area contributed by atoms with Gasteiger partial charge in [0.05, 0.1) is 23.4 Å². The highest BCUT2D eigenvalue weighted by atomic mass is 35.5. The molecule has 2 amide bonds. The molecule has 0 radical (unpaired) electrons. The zero-order valence-electron chi connectivity index (χ0n) is 30.1. The van der Waals surface area contributed by atoms with Crippen LogP contribution < -0.4 is 19.9 Å². The van der Waals surface area contributed by atoms with Gasteiger partial charge in [-0.1, -0.05) is 23.7 Å². The quantitative estimate of drug-likeness (QED) is 0.180. The van der Waals surface area contributed by atoms with E-state index in [-0.39, 0.29) is 23.8 Å². The summed E-state index contributed by atoms with van der Waals surface area (Å²) in [5, 5.41) is 7.23. The summed E-state index contributed by atoms with van der Waals surface area (Å²) in [6.07, 6.45) is 5.27. The first-order valence-corrected chi connectivity index (χ1v) is 18.6. The Labute approximate surface area is 312 Å². The molecule has 0 bridgehead atoms. The number of alkyl halides is 1. The molecule has 0 saturated carbocycles. The number of benzene rings is 2. The summed E-state index contributed by atoms with van der Waals surface area (Å²) in [4.78, 5) is 43.0. The first-order chi connectivity index (χ1) is 25.5. The predicted octanol–water partition coefficient (Wildman–Crippen LogP) is 6.15. The normalized spacial score (nSPS) is 20.9. The molecule has 53 heavy (non-hydrogen) atoms. The number of anilines is 2. The zero-order valence-corrected chi connectivity index (χ0v) is 30.9. The van der Waals surface area contributed by atoms with Crippen molar-refractivity contribution in [2.24, 2.45) is 7.05 Å². The Bertz CT molecular complexity index is 2140. The largest absolute Gasteiger partial charge is 0.453 e. The van der Waals surface area contributed by atoms with Gasteiger partial charge in [0, 0.05) is 89.2 Å². The zero-order chi connectivity index (χ0) is 36.9. The molecule has 2 N–H and O–H groups in total. The summed E-state index contributed by atoms with van der Waals surface area (Å²) < 4.78 is 24.3. The fraction of sp³-hybridized carbons (Fsp3) is 0.410. The summed E-state index contributed by atoms with van der Waals surface area (Å²) in [5.74, 6) is 0.994. The van der Waals surface area contributed by atoms with E-state index in [1.54, 1.807) is 10.9 Å². The van der Waals surface area contributed by atoms with Gasteiger partial charge >= 0.3 is 0 Å². The number of halogens is 2. The van der Waals surface area contributed by atoms with E-state index in [1.165, 1.54) is 0 Å². The van der Waals surface area contributed by atoms with Gasteiger partial charge in [-0.05, 0) is 62.2 Å². The van der Waals surface area contributed by atoms with Gasteiger partial charge < -0.3 is 19.5 Å². The van der Waals surface area contributed by atoms with Crippen LogP contribution in [0.2, 0.25) is 5.02 Å². The van der Waals surface area contributed by atoms with Gasteiger partial charge in [-0.15, -0.1) is 0 Å². The van der Waals surface area contributed by atoms with Gasteiger partial charge in [-0.25, -0.2) is 14.4 Å². The number of H-pyrrole nitrogens is 1. The lowest BCUT2D eigenvalue weighted by Crippen LogP contribution is -2.56. The van der Waals surface area contributed by atoms with E-state index in [2.05, 4.69) is 59.1 Å². The Morgan fingerprint density at radius 3 is 2.43 bits per heavy atom. The number of aryl methyl sites for hydroxylation is 2. The Hall–Kier alpha value is -5.01. The number of imidazole rings is 1. The molecule has 0 spiro atoms. The van der Waals surface area contributed by atoms with Gasteiger partial charge in [-0.3, -0.25) is 24.5 Å². The second kappa shape index (κ2) is 14.1. The van der Waals surface area contributed by atoms with Crippen LogP contribution in [0.5, 0.6) is 11.5 Å². The van der Waals surface area contributed by atoms with Crippen LogP contribution in [0.25, 0.3) is 22.6 Å². The number of imide groups is 1. The topological polar surface area (TPSA) is 125 Å². The summed E-state index contributed by atoms with van der Waals surface area (Å²) in [5.41, 5.74) is 4.63. The standard InChI is InChI=1S/C39H43ClFN9O3/c1-24-21-48(23-39(41)14-16-49(17-15-39)27-6-4-26(5-7-27)30-12-13-33(51)43-38(30)52)18-19-50(24)28-8-10-29(11-9-28)53-35-32(40)20-42-37-34(35)44-36(45-37)31-22-47(3)46-25(31)2/h4-11,20,22,24,30H,12-19,21,23H2,1-3H3,(H,42,44,45)(H,43,51,52)/t24-,30-/m0/s1. The molecule has 3 aliphatic heterocycles. The fourth-order valence-corrected chi connectivity index (χ4v) is 8.19. The minimum Gasteiger partial charge on any atom is -0.453 e. The maximum absolute atomic E-state index is 16.2. The lowest BCUT2D eigenvalue weighted by Gasteiger charge is -2.45. The van der Waals surface area contributed by atoms with E-state index >= 15 is 4.39 Å². The van der Waals surface area contributed by atoms with Crippen molar-refractivity contribution in [1.82, 2.24) is 34.9 Å². The summed E-state index contributed by atoms with van der Waals surface area (Å²) in [6.45, 7) is 8.18. The lowest BCUT2D eigenvalue weighted by atomic mass is 9.89. The fourth-order valence-electron chi connectivity index (χ4n) is 8.01. The molecule has 8 rings (SSSR count). The number of rotatable bonds is 8. The van der Waals surface area contributed by atoms with Crippen molar-refractivity contribution >= 4 is 46.0 Å². The molecule has 12 nitrogen and oxygen atoms in total. The van der Waals surface area contributed by atoms with E-state index in [4.69, 9.17) is 16.3 Å². The smallest absolute Gasteiger partial charge is 0.234 e. The van der Waals surface area contributed by atoms with Gasteiger partial charge in [0.2, 0.25) is 11.8 Å². The molecule has 0 aliphatic carbocycles. The molecule has 2 atom stereocenters. The first-order valence-electron chi connectivity index (χ1n) is 18.2. The van der Waals surface area contributed by atoms with Crippen molar-refractivity contribution in [2.75, 3.05) is 49.1 Å². The molecule has 5 aromatic rings. The van der Waals surface area contributed by atoms with E-state index in [1.807, 2.05) is 56.6 Å². The minimum atomic E-state index is -1.24. The molecule has 3 fully saturated rings. The van der Waals surface area contributed by atoms with Crippen LogP contribution in [-0.2, 0) is 16.6 Å². The Morgan fingerprint density at radius 2 is 1.75 bits per heavy atom. The monoisotopic (exact) mass is 739 g/mol.